The molecule has 1 aromatic heterocycles. The molecule has 0 aliphatic rings. The highest BCUT2D eigenvalue weighted by atomic mass is 32.1. The summed E-state index contributed by atoms with van der Waals surface area (Å²) in [5, 5.41) is 6.48. The van der Waals surface area contributed by atoms with Crippen molar-refractivity contribution in [1.82, 2.24) is 10.3 Å². The van der Waals surface area contributed by atoms with Gasteiger partial charge < -0.3 is 5.32 Å². The van der Waals surface area contributed by atoms with E-state index in [4.69, 9.17) is 0 Å². The summed E-state index contributed by atoms with van der Waals surface area (Å²) in [5.41, 5.74) is 2.28. The Morgan fingerprint density at radius 3 is 2.52 bits per heavy atom. The summed E-state index contributed by atoms with van der Waals surface area (Å²) < 4.78 is 12.9. The maximum atomic E-state index is 12.9. The summed E-state index contributed by atoms with van der Waals surface area (Å²) in [6, 6.07) is 6.49. The van der Waals surface area contributed by atoms with Crippen LogP contribution in [0.4, 0.5) is 4.39 Å². The summed E-state index contributed by atoms with van der Waals surface area (Å²) >= 11 is 1.60. The third kappa shape index (κ3) is 4.35. The van der Waals surface area contributed by atoms with Gasteiger partial charge in [0.2, 0.25) is 0 Å². The molecule has 1 aromatic carbocycles. The lowest BCUT2D eigenvalue weighted by Gasteiger charge is -2.29. The van der Waals surface area contributed by atoms with Crippen molar-refractivity contribution >= 4 is 11.3 Å². The Morgan fingerprint density at radius 1 is 1.24 bits per heavy atom. The molecule has 0 atom stereocenters. The smallest absolute Gasteiger partial charge is 0.123 e. The predicted molar refractivity (Wildman–Crippen MR) is 87.8 cm³/mol. The molecule has 0 unspecified atom stereocenters. The Hall–Kier alpha value is -1.26. The maximum Gasteiger partial charge on any atom is 0.123 e. The minimum Gasteiger partial charge on any atom is -0.311 e. The van der Waals surface area contributed by atoms with Crippen molar-refractivity contribution in [3.8, 4) is 10.6 Å². The van der Waals surface area contributed by atoms with Crippen LogP contribution < -0.4 is 5.32 Å². The first-order valence-corrected chi connectivity index (χ1v) is 8.17. The first kappa shape index (κ1) is 16.1. The Kier molecular flexibility index (Phi) is 5.12. The second kappa shape index (κ2) is 6.67. The number of rotatable bonds is 6. The fourth-order valence-electron chi connectivity index (χ4n) is 1.83. The number of aromatic nitrogens is 1. The van der Waals surface area contributed by atoms with Gasteiger partial charge in [0.25, 0.3) is 0 Å². The van der Waals surface area contributed by atoms with E-state index in [1.54, 1.807) is 23.5 Å². The normalized spacial score (nSPS) is 12.1. The number of nitrogens with zero attached hydrogens (tertiary/aromatic N) is 1. The summed E-state index contributed by atoms with van der Waals surface area (Å²) in [7, 11) is 0. The lowest BCUT2D eigenvalue weighted by Crippen LogP contribution is -2.33. The van der Waals surface area contributed by atoms with Crippen LogP contribution in [0.25, 0.3) is 10.6 Å². The van der Waals surface area contributed by atoms with Crippen molar-refractivity contribution in [2.24, 2.45) is 11.3 Å². The van der Waals surface area contributed by atoms with Gasteiger partial charge in [-0.2, -0.15) is 0 Å². The van der Waals surface area contributed by atoms with Gasteiger partial charge in [-0.3, -0.25) is 0 Å². The van der Waals surface area contributed by atoms with E-state index in [1.165, 1.54) is 12.1 Å². The number of hydrogen-bond donors (Lipinski definition) is 1. The predicted octanol–water partition coefficient (Wildman–Crippen LogP) is 4.72. The Bertz CT molecular complexity index is 573. The fourth-order valence-corrected chi connectivity index (χ4v) is 2.66. The Balaban J connectivity index is 1.93. The molecule has 2 aromatic rings. The van der Waals surface area contributed by atoms with Crippen molar-refractivity contribution in [2.75, 3.05) is 6.54 Å². The van der Waals surface area contributed by atoms with Crippen LogP contribution in [0, 0.1) is 17.2 Å². The second-order valence-electron chi connectivity index (χ2n) is 6.40. The van der Waals surface area contributed by atoms with Gasteiger partial charge in [-0.15, -0.1) is 11.3 Å². The molecule has 0 spiro atoms. The Labute approximate surface area is 130 Å². The minimum atomic E-state index is -0.215. The van der Waals surface area contributed by atoms with E-state index < -0.39 is 0 Å². The van der Waals surface area contributed by atoms with Gasteiger partial charge in [0.05, 0.1) is 5.69 Å². The average Bonchev–Trinajstić information content (AvgIpc) is 2.88. The lowest BCUT2D eigenvalue weighted by molar-refractivity contribution is 0.237. The molecule has 0 saturated heterocycles. The minimum absolute atomic E-state index is 0.215. The SMILES string of the molecule is CC(C)C(C)(C)CNCc1csc(-c2ccc(F)cc2)n1. The first-order chi connectivity index (χ1) is 9.88. The molecule has 0 fully saturated rings. The number of nitrogens with one attached hydrogen (secondary N) is 1. The number of halogens is 1. The van der Waals surface area contributed by atoms with E-state index in [9.17, 15) is 4.39 Å². The second-order valence-corrected chi connectivity index (χ2v) is 7.26. The molecule has 0 saturated carbocycles. The molecule has 21 heavy (non-hydrogen) atoms. The third-order valence-corrected chi connectivity index (χ3v) is 5.03. The standard InChI is InChI=1S/C17H23FN2S/c1-12(2)17(3,4)11-19-9-15-10-21-16(20-15)13-5-7-14(18)8-6-13/h5-8,10,12,19H,9,11H2,1-4H3. The van der Waals surface area contributed by atoms with Crippen molar-refractivity contribution in [1.29, 1.82) is 0 Å². The molecule has 2 rings (SSSR count). The number of thiazole rings is 1. The van der Waals surface area contributed by atoms with Crippen molar-refractivity contribution in [3.05, 3.63) is 41.2 Å². The van der Waals surface area contributed by atoms with Crippen LogP contribution in [-0.2, 0) is 6.54 Å². The van der Waals surface area contributed by atoms with Crippen LogP contribution in [0.2, 0.25) is 0 Å². The van der Waals surface area contributed by atoms with Crippen molar-refractivity contribution in [2.45, 2.75) is 34.2 Å². The van der Waals surface area contributed by atoms with Crippen LogP contribution in [0.15, 0.2) is 29.6 Å². The van der Waals surface area contributed by atoms with Gasteiger partial charge in [0.1, 0.15) is 10.8 Å². The van der Waals surface area contributed by atoms with E-state index in [0.29, 0.717) is 5.92 Å². The van der Waals surface area contributed by atoms with Gasteiger partial charge in [-0.1, -0.05) is 27.7 Å². The summed E-state index contributed by atoms with van der Waals surface area (Å²) in [6.07, 6.45) is 0. The molecular weight excluding hydrogens is 283 g/mol. The zero-order valence-electron chi connectivity index (χ0n) is 13.1. The molecule has 0 bridgehead atoms. The third-order valence-electron chi connectivity index (χ3n) is 4.09. The highest BCUT2D eigenvalue weighted by Crippen LogP contribution is 2.26. The van der Waals surface area contributed by atoms with Crippen LogP contribution >= 0.6 is 11.3 Å². The molecule has 0 amide bonds. The van der Waals surface area contributed by atoms with Gasteiger partial charge in [-0.25, -0.2) is 9.37 Å². The van der Waals surface area contributed by atoms with Gasteiger partial charge >= 0.3 is 0 Å². The zero-order chi connectivity index (χ0) is 15.5. The summed E-state index contributed by atoms with van der Waals surface area (Å²) in [5.74, 6) is 0.420. The highest BCUT2D eigenvalue weighted by molar-refractivity contribution is 7.13. The summed E-state index contributed by atoms with van der Waals surface area (Å²) in [4.78, 5) is 4.61. The molecule has 0 aliphatic carbocycles. The molecule has 2 nitrogen and oxygen atoms in total. The van der Waals surface area contributed by atoms with Gasteiger partial charge in [-0.05, 0) is 35.6 Å². The number of benzene rings is 1. The molecule has 0 radical (unpaired) electrons. The average molecular weight is 306 g/mol. The maximum absolute atomic E-state index is 12.9. The topological polar surface area (TPSA) is 24.9 Å². The zero-order valence-corrected chi connectivity index (χ0v) is 13.9. The van der Waals surface area contributed by atoms with Crippen LogP contribution in [0.5, 0.6) is 0 Å². The van der Waals surface area contributed by atoms with E-state index in [-0.39, 0.29) is 11.2 Å². The molecular formula is C17H23FN2S. The summed E-state index contributed by atoms with van der Waals surface area (Å²) in [6.45, 7) is 10.8. The number of hydrogen-bond acceptors (Lipinski definition) is 3. The largest absolute Gasteiger partial charge is 0.311 e. The molecule has 1 N–H and O–H groups in total. The van der Waals surface area contributed by atoms with Gasteiger partial charge in [0, 0.05) is 24.0 Å². The van der Waals surface area contributed by atoms with E-state index in [1.807, 2.05) is 0 Å². The molecule has 4 heteroatoms. The van der Waals surface area contributed by atoms with Crippen LogP contribution in [-0.4, -0.2) is 11.5 Å². The first-order valence-electron chi connectivity index (χ1n) is 7.29. The van der Waals surface area contributed by atoms with Crippen LogP contribution in [0.3, 0.4) is 0 Å². The molecule has 0 aliphatic heterocycles. The van der Waals surface area contributed by atoms with Crippen molar-refractivity contribution < 1.29 is 4.39 Å². The quantitative estimate of drug-likeness (QED) is 0.835. The molecule has 114 valence electrons. The van der Waals surface area contributed by atoms with Crippen LogP contribution in [0.1, 0.15) is 33.4 Å². The van der Waals surface area contributed by atoms with E-state index >= 15 is 0 Å². The van der Waals surface area contributed by atoms with Crippen molar-refractivity contribution in [3.63, 3.8) is 0 Å². The van der Waals surface area contributed by atoms with E-state index in [2.05, 4.69) is 43.4 Å². The monoisotopic (exact) mass is 306 g/mol. The Morgan fingerprint density at radius 2 is 1.90 bits per heavy atom. The highest BCUT2D eigenvalue weighted by Gasteiger charge is 2.21. The van der Waals surface area contributed by atoms with E-state index in [0.717, 1.165) is 29.4 Å². The fraction of sp³-hybridized carbons (Fsp3) is 0.471. The van der Waals surface area contributed by atoms with Gasteiger partial charge in [0.15, 0.2) is 0 Å². The molecule has 1 heterocycles. The lowest BCUT2D eigenvalue weighted by atomic mass is 9.81.